The molecule has 0 saturated carbocycles. The summed E-state index contributed by atoms with van der Waals surface area (Å²) in [5.74, 6) is 0.500. The second kappa shape index (κ2) is 9.08. The zero-order chi connectivity index (χ0) is 18.4. The van der Waals surface area contributed by atoms with Gasteiger partial charge in [0, 0.05) is 19.1 Å². The van der Waals surface area contributed by atoms with E-state index in [9.17, 15) is 14.9 Å². The van der Waals surface area contributed by atoms with Crippen molar-refractivity contribution in [2.75, 3.05) is 0 Å². The van der Waals surface area contributed by atoms with E-state index in [-0.39, 0.29) is 11.6 Å². The van der Waals surface area contributed by atoms with Crippen LogP contribution in [0.1, 0.15) is 18.1 Å². The van der Waals surface area contributed by atoms with Gasteiger partial charge >= 0.3 is 0 Å². The molecular weight excluding hydrogens is 552 g/mol. The summed E-state index contributed by atoms with van der Waals surface area (Å²) in [4.78, 5) is 21.0. The van der Waals surface area contributed by atoms with E-state index in [0.717, 1.165) is 24.0 Å². The number of amides is 1. The first-order valence-electron chi connectivity index (χ1n) is 7.01. The lowest BCUT2D eigenvalue weighted by Crippen LogP contribution is -2.12. The van der Waals surface area contributed by atoms with E-state index >= 15 is 0 Å². The summed E-state index contributed by atoms with van der Waals surface area (Å²) >= 11 is 4.33. The Morgan fingerprint density at radius 1 is 1.28 bits per heavy atom. The predicted molar refractivity (Wildman–Crippen MR) is 111 cm³/mol. The number of rotatable bonds is 6. The van der Waals surface area contributed by atoms with Crippen LogP contribution < -0.4 is 10.2 Å². The maximum atomic E-state index is 10.8. The van der Waals surface area contributed by atoms with Gasteiger partial charge in [-0.2, -0.15) is 5.10 Å². The highest BCUT2D eigenvalue weighted by Crippen LogP contribution is 2.29. The summed E-state index contributed by atoms with van der Waals surface area (Å²) in [7, 11) is 0. The van der Waals surface area contributed by atoms with E-state index in [0.29, 0.717) is 6.61 Å². The van der Waals surface area contributed by atoms with Crippen molar-refractivity contribution >= 4 is 63.0 Å². The van der Waals surface area contributed by atoms with Crippen LogP contribution in [0.5, 0.6) is 5.75 Å². The third kappa shape index (κ3) is 5.92. The van der Waals surface area contributed by atoms with Crippen LogP contribution in [0.2, 0.25) is 0 Å². The van der Waals surface area contributed by atoms with Gasteiger partial charge in [0.2, 0.25) is 5.91 Å². The first-order chi connectivity index (χ1) is 11.9. The molecule has 25 heavy (non-hydrogen) atoms. The number of hydrogen-bond donors (Lipinski definition) is 1. The van der Waals surface area contributed by atoms with Crippen LogP contribution >= 0.6 is 45.2 Å². The molecule has 2 aromatic carbocycles. The highest BCUT2D eigenvalue weighted by atomic mass is 127. The fourth-order valence-electron chi connectivity index (χ4n) is 1.86. The van der Waals surface area contributed by atoms with Crippen LogP contribution in [-0.4, -0.2) is 17.0 Å². The smallest absolute Gasteiger partial charge is 0.269 e. The van der Waals surface area contributed by atoms with Crippen molar-refractivity contribution in [2.45, 2.75) is 13.5 Å². The molecule has 9 heteroatoms. The molecule has 0 unspecified atom stereocenters. The average Bonchev–Trinajstić information content (AvgIpc) is 2.54. The molecule has 0 bridgehead atoms. The first kappa shape index (κ1) is 19.6. The summed E-state index contributed by atoms with van der Waals surface area (Å²) in [5.41, 5.74) is 4.08. The number of nitro benzene ring substituents is 1. The van der Waals surface area contributed by atoms with Crippen molar-refractivity contribution in [1.29, 1.82) is 0 Å². The van der Waals surface area contributed by atoms with Gasteiger partial charge in [0.05, 0.1) is 18.3 Å². The second-order valence-electron chi connectivity index (χ2n) is 4.95. The Hall–Kier alpha value is -1.76. The van der Waals surface area contributed by atoms with Crippen LogP contribution in [0.15, 0.2) is 41.5 Å². The number of nitrogens with one attached hydrogen (secondary N) is 1. The lowest BCUT2D eigenvalue weighted by atomic mass is 10.2. The van der Waals surface area contributed by atoms with Gasteiger partial charge in [-0.1, -0.05) is 0 Å². The Labute approximate surface area is 171 Å². The number of carbonyl (C=O) groups excluding carboxylic acids is 1. The molecule has 0 heterocycles. The molecule has 0 atom stereocenters. The summed E-state index contributed by atoms with van der Waals surface area (Å²) in [6, 6.07) is 10.0. The number of non-ortho nitro benzene ring substituents is 1. The molecule has 0 aliphatic carbocycles. The summed E-state index contributed by atoms with van der Waals surface area (Å²) in [6.07, 6.45) is 1.56. The lowest BCUT2D eigenvalue weighted by molar-refractivity contribution is -0.384. The largest absolute Gasteiger partial charge is 0.487 e. The van der Waals surface area contributed by atoms with Crippen LogP contribution in [0.25, 0.3) is 0 Å². The van der Waals surface area contributed by atoms with Gasteiger partial charge in [-0.3, -0.25) is 14.9 Å². The quantitative estimate of drug-likeness (QED) is 0.250. The minimum absolute atomic E-state index is 0.0516. The molecule has 0 spiro atoms. The lowest BCUT2D eigenvalue weighted by Gasteiger charge is -2.11. The third-order valence-corrected chi connectivity index (χ3v) is 4.59. The predicted octanol–water partition coefficient (Wildman–Crippen LogP) is 3.85. The number of halogens is 2. The number of nitrogens with zero attached hydrogens (tertiary/aromatic N) is 2. The molecule has 0 saturated heterocycles. The monoisotopic (exact) mass is 565 g/mol. The Kier molecular flexibility index (Phi) is 7.11. The van der Waals surface area contributed by atoms with Gasteiger partial charge in [0.15, 0.2) is 0 Å². The SMILES string of the molecule is CC(=O)N/N=C\c1cc(I)c(OCc2ccc([N+](=O)[O-])cc2)c(I)c1. The van der Waals surface area contributed by atoms with E-state index in [1.807, 2.05) is 12.1 Å². The number of benzene rings is 2. The number of hydrazone groups is 1. The Bertz CT molecular complexity index is 800. The van der Waals surface area contributed by atoms with Crippen LogP contribution in [0.4, 0.5) is 5.69 Å². The molecule has 2 aromatic rings. The Balaban J connectivity index is 2.08. The fourth-order valence-corrected chi connectivity index (χ4v) is 3.99. The Morgan fingerprint density at radius 3 is 2.40 bits per heavy atom. The molecule has 1 amide bonds. The minimum Gasteiger partial charge on any atom is -0.487 e. The zero-order valence-corrected chi connectivity index (χ0v) is 17.3. The van der Waals surface area contributed by atoms with E-state index in [4.69, 9.17) is 4.74 Å². The van der Waals surface area contributed by atoms with Crippen molar-refractivity contribution in [2.24, 2.45) is 5.10 Å². The fraction of sp³-hybridized carbons (Fsp3) is 0.125. The van der Waals surface area contributed by atoms with Crippen molar-refractivity contribution in [3.05, 3.63) is 64.8 Å². The maximum Gasteiger partial charge on any atom is 0.269 e. The molecule has 0 fully saturated rings. The molecule has 0 aromatic heterocycles. The summed E-state index contributed by atoms with van der Waals surface area (Å²) in [6.45, 7) is 1.70. The van der Waals surface area contributed by atoms with E-state index in [1.54, 1.807) is 18.3 Å². The topological polar surface area (TPSA) is 93.8 Å². The molecule has 0 aliphatic heterocycles. The number of ether oxygens (including phenoxy) is 1. The van der Waals surface area contributed by atoms with Crippen molar-refractivity contribution in [3.63, 3.8) is 0 Å². The second-order valence-corrected chi connectivity index (χ2v) is 7.28. The average molecular weight is 565 g/mol. The summed E-state index contributed by atoms with van der Waals surface area (Å²) in [5, 5.41) is 14.5. The van der Waals surface area contributed by atoms with Gasteiger partial charge in [-0.15, -0.1) is 0 Å². The van der Waals surface area contributed by atoms with E-state index in [2.05, 4.69) is 55.7 Å². The van der Waals surface area contributed by atoms with Crippen molar-refractivity contribution < 1.29 is 14.5 Å². The van der Waals surface area contributed by atoms with Crippen molar-refractivity contribution in [1.82, 2.24) is 5.43 Å². The maximum absolute atomic E-state index is 10.8. The number of nitro groups is 1. The van der Waals surface area contributed by atoms with Crippen LogP contribution in [-0.2, 0) is 11.4 Å². The van der Waals surface area contributed by atoms with Crippen LogP contribution in [0, 0.1) is 17.3 Å². The Morgan fingerprint density at radius 2 is 1.88 bits per heavy atom. The molecule has 1 N–H and O–H groups in total. The van der Waals surface area contributed by atoms with Gasteiger partial charge in [-0.05, 0) is 80.6 Å². The summed E-state index contributed by atoms with van der Waals surface area (Å²) < 4.78 is 7.65. The highest BCUT2D eigenvalue weighted by Gasteiger charge is 2.10. The van der Waals surface area contributed by atoms with Crippen LogP contribution in [0.3, 0.4) is 0 Å². The molecular formula is C16H13I2N3O4. The standard InChI is InChI=1S/C16H13I2N3O4/c1-10(22)20-19-8-12-6-14(17)16(15(18)7-12)25-9-11-2-4-13(5-3-11)21(23)24/h2-8H,9H2,1H3,(H,20,22)/b19-8-. The van der Waals surface area contributed by atoms with Crippen molar-refractivity contribution in [3.8, 4) is 5.75 Å². The first-order valence-corrected chi connectivity index (χ1v) is 9.17. The van der Waals surface area contributed by atoms with Gasteiger partial charge in [0.25, 0.3) is 5.69 Å². The van der Waals surface area contributed by atoms with Gasteiger partial charge in [0.1, 0.15) is 12.4 Å². The number of carbonyl (C=O) groups is 1. The molecule has 0 radical (unpaired) electrons. The van der Waals surface area contributed by atoms with E-state index < -0.39 is 4.92 Å². The van der Waals surface area contributed by atoms with Gasteiger partial charge < -0.3 is 4.74 Å². The van der Waals surface area contributed by atoms with E-state index in [1.165, 1.54) is 19.1 Å². The number of hydrogen-bond acceptors (Lipinski definition) is 5. The third-order valence-electron chi connectivity index (χ3n) is 2.99. The zero-order valence-electron chi connectivity index (χ0n) is 13.0. The molecule has 130 valence electrons. The highest BCUT2D eigenvalue weighted by molar-refractivity contribution is 14.1. The normalized spacial score (nSPS) is 10.7. The van der Waals surface area contributed by atoms with Gasteiger partial charge in [-0.25, -0.2) is 5.43 Å². The molecule has 2 rings (SSSR count). The minimum atomic E-state index is -0.433. The molecule has 7 nitrogen and oxygen atoms in total. The molecule has 0 aliphatic rings.